The zero-order chi connectivity index (χ0) is 15.6. The second-order valence-corrected chi connectivity index (χ2v) is 6.15. The van der Waals surface area contributed by atoms with E-state index in [1.165, 1.54) is 11.3 Å². The summed E-state index contributed by atoms with van der Waals surface area (Å²) in [7, 11) is 0. The van der Waals surface area contributed by atoms with Crippen molar-refractivity contribution >= 4 is 34.2 Å². The third kappa shape index (κ3) is 3.60. The van der Waals surface area contributed by atoms with Gasteiger partial charge in [-0.25, -0.2) is 4.79 Å². The van der Waals surface area contributed by atoms with Crippen LogP contribution >= 0.6 is 11.3 Å². The summed E-state index contributed by atoms with van der Waals surface area (Å²) < 4.78 is 4.70. The number of carbonyl (C=O) groups excluding carboxylic acids is 3. The van der Waals surface area contributed by atoms with Crippen LogP contribution in [0.2, 0.25) is 0 Å². The number of nitrogens with one attached hydrogen (secondary N) is 2. The van der Waals surface area contributed by atoms with Crippen molar-refractivity contribution in [2.75, 3.05) is 11.9 Å². The Morgan fingerprint density at radius 1 is 1.29 bits per heavy atom. The largest absolute Gasteiger partial charge is 0.450 e. The second-order valence-electron chi connectivity index (χ2n) is 4.93. The first kappa shape index (κ1) is 15.5. The first-order valence-corrected chi connectivity index (χ1v) is 7.64. The van der Waals surface area contributed by atoms with Crippen LogP contribution in [-0.2, 0) is 9.53 Å². The van der Waals surface area contributed by atoms with Crippen LogP contribution in [0.1, 0.15) is 40.6 Å². The van der Waals surface area contributed by atoms with E-state index in [-0.39, 0.29) is 18.4 Å². The van der Waals surface area contributed by atoms with Crippen molar-refractivity contribution in [2.24, 2.45) is 5.92 Å². The molecule has 0 bridgehead atoms. The number of rotatable bonds is 4. The Morgan fingerprint density at radius 2 is 1.95 bits per heavy atom. The topological polar surface area (TPSA) is 84.5 Å². The van der Waals surface area contributed by atoms with Crippen molar-refractivity contribution in [1.82, 2.24) is 5.32 Å². The summed E-state index contributed by atoms with van der Waals surface area (Å²) in [5, 5.41) is 5.44. The molecule has 0 atom stereocenters. The quantitative estimate of drug-likeness (QED) is 0.895. The third-order valence-electron chi connectivity index (χ3n) is 3.29. The van der Waals surface area contributed by atoms with E-state index in [0.717, 1.165) is 23.3 Å². The molecule has 1 fully saturated rings. The number of anilines is 1. The average Bonchev–Trinajstić information content (AvgIpc) is 3.19. The summed E-state index contributed by atoms with van der Waals surface area (Å²) in [6.07, 6.45) is 0.990. The van der Waals surface area contributed by atoms with Gasteiger partial charge < -0.3 is 10.1 Å². The lowest BCUT2D eigenvalue weighted by Gasteiger charge is -2.07. The molecule has 114 valence electrons. The number of alkyl carbamates (subject to hydrolysis) is 1. The molecule has 1 saturated carbocycles. The lowest BCUT2D eigenvalue weighted by Crippen LogP contribution is -2.32. The molecule has 1 aliphatic rings. The Labute approximate surface area is 126 Å². The van der Waals surface area contributed by atoms with Crippen LogP contribution in [0.5, 0.6) is 0 Å². The average molecular weight is 310 g/mol. The molecule has 1 aromatic rings. The molecule has 0 saturated heterocycles. The molecular formula is C14H18N2O4S. The molecule has 0 spiro atoms. The van der Waals surface area contributed by atoms with E-state index < -0.39 is 12.0 Å². The van der Waals surface area contributed by atoms with Crippen LogP contribution in [0.15, 0.2) is 0 Å². The zero-order valence-electron chi connectivity index (χ0n) is 12.2. The second kappa shape index (κ2) is 6.26. The highest BCUT2D eigenvalue weighted by Gasteiger charge is 2.31. The Balaban J connectivity index is 2.18. The molecule has 7 heteroatoms. The minimum atomic E-state index is -0.787. The number of imide groups is 1. The van der Waals surface area contributed by atoms with Crippen LogP contribution < -0.4 is 10.6 Å². The monoisotopic (exact) mass is 310 g/mol. The summed E-state index contributed by atoms with van der Waals surface area (Å²) in [4.78, 5) is 36.3. The summed E-state index contributed by atoms with van der Waals surface area (Å²) in [5.74, 6) is -0.573. The zero-order valence-corrected chi connectivity index (χ0v) is 13.1. The number of amides is 3. The molecule has 1 heterocycles. The van der Waals surface area contributed by atoms with E-state index in [4.69, 9.17) is 4.74 Å². The van der Waals surface area contributed by atoms with E-state index in [2.05, 4.69) is 10.6 Å². The van der Waals surface area contributed by atoms with Crippen molar-refractivity contribution < 1.29 is 19.1 Å². The van der Waals surface area contributed by atoms with Crippen LogP contribution in [-0.4, -0.2) is 24.5 Å². The van der Waals surface area contributed by atoms with E-state index in [1.54, 1.807) is 13.8 Å². The van der Waals surface area contributed by atoms with E-state index in [0.29, 0.717) is 10.6 Å². The fraction of sp³-hybridized carbons (Fsp3) is 0.500. The first-order valence-electron chi connectivity index (χ1n) is 6.83. The molecule has 2 N–H and O–H groups in total. The third-order valence-corrected chi connectivity index (χ3v) is 4.41. The number of carbonyl (C=O) groups is 3. The van der Waals surface area contributed by atoms with Gasteiger partial charge in [-0.05, 0) is 39.2 Å². The maximum absolute atomic E-state index is 12.2. The van der Waals surface area contributed by atoms with E-state index in [9.17, 15) is 14.4 Å². The van der Waals surface area contributed by atoms with E-state index >= 15 is 0 Å². The molecule has 21 heavy (non-hydrogen) atoms. The minimum Gasteiger partial charge on any atom is -0.450 e. The summed E-state index contributed by atoms with van der Waals surface area (Å²) in [6.45, 7) is 5.50. The molecule has 2 rings (SSSR count). The number of aryl methyl sites for hydroxylation is 1. The van der Waals surface area contributed by atoms with Crippen LogP contribution in [0, 0.1) is 19.8 Å². The number of hydrogen-bond acceptors (Lipinski definition) is 5. The number of ether oxygens (including phenoxy) is 1. The van der Waals surface area contributed by atoms with E-state index in [1.807, 2.05) is 6.92 Å². The lowest BCUT2D eigenvalue weighted by molar-refractivity contribution is -0.117. The highest BCUT2D eigenvalue weighted by Crippen LogP contribution is 2.35. The molecule has 0 aliphatic heterocycles. The number of thiophene rings is 1. The van der Waals surface area contributed by atoms with Gasteiger partial charge in [0.05, 0.1) is 12.2 Å². The molecule has 0 radical (unpaired) electrons. The van der Waals surface area contributed by atoms with Gasteiger partial charge in [-0.3, -0.25) is 14.9 Å². The Kier molecular flexibility index (Phi) is 4.62. The van der Waals surface area contributed by atoms with Crippen molar-refractivity contribution in [1.29, 1.82) is 0 Å². The number of hydrogen-bond donors (Lipinski definition) is 2. The smallest absolute Gasteiger partial charge is 0.414 e. The van der Waals surface area contributed by atoms with Crippen molar-refractivity contribution in [3.8, 4) is 0 Å². The normalized spacial score (nSPS) is 13.7. The maximum atomic E-state index is 12.2. The summed E-state index contributed by atoms with van der Waals surface area (Å²) in [5.41, 5.74) is 1.09. The molecule has 6 nitrogen and oxygen atoms in total. The standard InChI is InChI=1S/C14H18N2O4S/c1-4-20-14(19)16-12(18)10-7(2)8(3)21-13(10)15-11(17)9-5-6-9/h9H,4-6H2,1-3H3,(H,15,17)(H,16,18,19). The Morgan fingerprint density at radius 3 is 2.52 bits per heavy atom. The fourth-order valence-electron chi connectivity index (χ4n) is 1.87. The fourth-order valence-corrected chi connectivity index (χ4v) is 2.93. The molecule has 0 aromatic carbocycles. The van der Waals surface area contributed by atoms with Gasteiger partial charge in [-0.15, -0.1) is 11.3 Å². The summed E-state index contributed by atoms with van der Waals surface area (Å²) in [6, 6.07) is 0. The van der Waals surface area contributed by atoms with Gasteiger partial charge in [-0.2, -0.15) is 0 Å². The van der Waals surface area contributed by atoms with Gasteiger partial charge in [0.15, 0.2) is 0 Å². The minimum absolute atomic E-state index is 0.0497. The van der Waals surface area contributed by atoms with Gasteiger partial charge in [0, 0.05) is 10.8 Å². The van der Waals surface area contributed by atoms with Gasteiger partial charge in [0.2, 0.25) is 5.91 Å². The molecular weight excluding hydrogens is 292 g/mol. The molecule has 1 aliphatic carbocycles. The van der Waals surface area contributed by atoms with Gasteiger partial charge in [0.1, 0.15) is 5.00 Å². The van der Waals surface area contributed by atoms with Crippen molar-refractivity contribution in [3.63, 3.8) is 0 Å². The molecule has 0 unspecified atom stereocenters. The highest BCUT2D eigenvalue weighted by molar-refractivity contribution is 7.16. The first-order chi connectivity index (χ1) is 9.93. The van der Waals surface area contributed by atoms with Crippen LogP contribution in [0.4, 0.5) is 9.80 Å². The molecule has 1 aromatic heterocycles. The van der Waals surface area contributed by atoms with Crippen molar-refractivity contribution in [2.45, 2.75) is 33.6 Å². The Bertz CT molecular complexity index is 590. The van der Waals surface area contributed by atoms with Gasteiger partial charge >= 0.3 is 6.09 Å². The van der Waals surface area contributed by atoms with Gasteiger partial charge in [0.25, 0.3) is 5.91 Å². The van der Waals surface area contributed by atoms with Crippen molar-refractivity contribution in [3.05, 3.63) is 16.0 Å². The SMILES string of the molecule is CCOC(=O)NC(=O)c1c(NC(=O)C2CC2)sc(C)c1C. The summed E-state index contributed by atoms with van der Waals surface area (Å²) >= 11 is 1.34. The van der Waals surface area contributed by atoms with Gasteiger partial charge in [-0.1, -0.05) is 0 Å². The molecule has 3 amide bonds. The predicted molar refractivity (Wildman–Crippen MR) is 79.6 cm³/mol. The Hall–Kier alpha value is -1.89. The lowest BCUT2D eigenvalue weighted by atomic mass is 10.1. The highest BCUT2D eigenvalue weighted by atomic mass is 32.1. The maximum Gasteiger partial charge on any atom is 0.414 e. The predicted octanol–water partition coefficient (Wildman–Crippen LogP) is 2.60. The van der Waals surface area contributed by atoms with Crippen LogP contribution in [0.25, 0.3) is 0 Å². The van der Waals surface area contributed by atoms with Crippen LogP contribution in [0.3, 0.4) is 0 Å².